The van der Waals surface area contributed by atoms with E-state index in [4.69, 9.17) is 9.47 Å². The summed E-state index contributed by atoms with van der Waals surface area (Å²) in [5.41, 5.74) is 0.843. The van der Waals surface area contributed by atoms with Crippen LogP contribution < -0.4 is 15.4 Å². The molecule has 0 bridgehead atoms. The number of amides is 2. The molecule has 0 spiro atoms. The van der Waals surface area contributed by atoms with Crippen molar-refractivity contribution in [1.29, 1.82) is 0 Å². The Morgan fingerprint density at radius 2 is 1.72 bits per heavy atom. The molecule has 0 radical (unpaired) electrons. The summed E-state index contributed by atoms with van der Waals surface area (Å²) in [6, 6.07) is 18.1. The molecule has 0 aromatic heterocycles. The summed E-state index contributed by atoms with van der Waals surface area (Å²) in [6.45, 7) is 1.93. The third-order valence-corrected chi connectivity index (χ3v) is 4.89. The average molecular weight is 489 g/mol. The number of anilines is 1. The molecule has 0 heterocycles. The molecular formula is C26H23N3O7. The number of non-ortho nitro benzene ring substituents is 1. The van der Waals surface area contributed by atoms with E-state index in [-0.39, 0.29) is 23.6 Å². The third kappa shape index (κ3) is 6.54. The van der Waals surface area contributed by atoms with Crippen LogP contribution in [-0.2, 0) is 9.53 Å². The first-order valence-electron chi connectivity index (χ1n) is 10.8. The number of carbonyl (C=O) groups is 3. The zero-order valence-electron chi connectivity index (χ0n) is 19.5. The monoisotopic (exact) mass is 489 g/mol. The SMILES string of the molecule is CCOC(=O)c1ccc(NC(=O)/C(=C/c2cccc([N+](=O)[O-])c2)NC(=O)c2ccccc2OC)cc1. The van der Waals surface area contributed by atoms with E-state index in [1.54, 1.807) is 31.2 Å². The van der Waals surface area contributed by atoms with Gasteiger partial charge in [-0.1, -0.05) is 24.3 Å². The van der Waals surface area contributed by atoms with Gasteiger partial charge in [0, 0.05) is 17.8 Å². The zero-order valence-corrected chi connectivity index (χ0v) is 19.5. The predicted octanol–water partition coefficient (Wildman–Crippen LogP) is 4.19. The number of nitro benzene ring substituents is 1. The van der Waals surface area contributed by atoms with Crippen molar-refractivity contribution < 1.29 is 28.8 Å². The lowest BCUT2D eigenvalue weighted by molar-refractivity contribution is -0.384. The van der Waals surface area contributed by atoms with Gasteiger partial charge in [-0.3, -0.25) is 19.7 Å². The van der Waals surface area contributed by atoms with Crippen LogP contribution in [0, 0.1) is 10.1 Å². The quantitative estimate of drug-likeness (QED) is 0.199. The Labute approximate surface area is 206 Å². The van der Waals surface area contributed by atoms with Crippen molar-refractivity contribution in [2.45, 2.75) is 6.92 Å². The minimum atomic E-state index is -0.686. The number of rotatable bonds is 9. The summed E-state index contributed by atoms with van der Waals surface area (Å²) in [5.74, 6) is -1.49. The molecular weight excluding hydrogens is 466 g/mol. The highest BCUT2D eigenvalue weighted by molar-refractivity contribution is 6.11. The minimum Gasteiger partial charge on any atom is -0.496 e. The number of para-hydroxylation sites is 1. The minimum absolute atomic E-state index is 0.166. The van der Waals surface area contributed by atoms with Gasteiger partial charge in [-0.25, -0.2) is 4.79 Å². The molecule has 3 aromatic carbocycles. The van der Waals surface area contributed by atoms with E-state index in [1.807, 2.05) is 0 Å². The molecule has 0 saturated carbocycles. The van der Waals surface area contributed by atoms with Gasteiger partial charge < -0.3 is 20.1 Å². The van der Waals surface area contributed by atoms with Crippen molar-refractivity contribution in [2.24, 2.45) is 0 Å². The van der Waals surface area contributed by atoms with Crippen molar-refractivity contribution in [3.05, 3.63) is 105 Å². The van der Waals surface area contributed by atoms with Crippen molar-refractivity contribution in [3.63, 3.8) is 0 Å². The molecule has 2 amide bonds. The summed E-state index contributed by atoms with van der Waals surface area (Å²) >= 11 is 0. The van der Waals surface area contributed by atoms with E-state index >= 15 is 0 Å². The number of nitrogens with one attached hydrogen (secondary N) is 2. The van der Waals surface area contributed by atoms with E-state index in [2.05, 4.69) is 10.6 Å². The van der Waals surface area contributed by atoms with Gasteiger partial charge in [-0.2, -0.15) is 0 Å². The average Bonchev–Trinajstić information content (AvgIpc) is 2.88. The second kappa shape index (κ2) is 11.9. The first-order valence-corrected chi connectivity index (χ1v) is 10.8. The predicted molar refractivity (Wildman–Crippen MR) is 133 cm³/mol. The second-order valence-electron chi connectivity index (χ2n) is 7.32. The van der Waals surface area contributed by atoms with E-state index in [9.17, 15) is 24.5 Å². The maximum atomic E-state index is 13.1. The van der Waals surface area contributed by atoms with Gasteiger partial charge in [-0.15, -0.1) is 0 Å². The summed E-state index contributed by atoms with van der Waals surface area (Å²) in [5, 5.41) is 16.4. The fourth-order valence-electron chi connectivity index (χ4n) is 3.18. The van der Waals surface area contributed by atoms with Crippen LogP contribution in [0.25, 0.3) is 6.08 Å². The van der Waals surface area contributed by atoms with Crippen LogP contribution in [0.2, 0.25) is 0 Å². The van der Waals surface area contributed by atoms with Gasteiger partial charge in [0.25, 0.3) is 17.5 Å². The van der Waals surface area contributed by atoms with Crippen LogP contribution in [-0.4, -0.2) is 36.4 Å². The molecule has 3 rings (SSSR count). The Morgan fingerprint density at radius 3 is 2.39 bits per heavy atom. The van der Waals surface area contributed by atoms with Gasteiger partial charge in [0.1, 0.15) is 11.4 Å². The standard InChI is InChI=1S/C26H23N3O7/c1-3-36-26(32)18-11-13-19(14-12-18)27-25(31)22(16-17-7-6-8-20(15-17)29(33)34)28-24(30)21-9-4-5-10-23(21)35-2/h4-16H,3H2,1-2H3,(H,27,31)(H,28,30)/b22-16-. The fourth-order valence-corrected chi connectivity index (χ4v) is 3.18. The molecule has 2 N–H and O–H groups in total. The number of ether oxygens (including phenoxy) is 2. The number of nitrogens with zero attached hydrogens (tertiary/aromatic N) is 1. The number of hydrogen-bond donors (Lipinski definition) is 2. The van der Waals surface area contributed by atoms with E-state index in [0.717, 1.165) is 0 Å². The largest absolute Gasteiger partial charge is 0.496 e. The second-order valence-corrected chi connectivity index (χ2v) is 7.32. The maximum absolute atomic E-state index is 13.1. The van der Waals surface area contributed by atoms with E-state index < -0.39 is 22.7 Å². The van der Waals surface area contributed by atoms with Crippen molar-refractivity contribution in [3.8, 4) is 5.75 Å². The lowest BCUT2D eigenvalue weighted by Crippen LogP contribution is -2.31. The molecule has 184 valence electrons. The number of carbonyl (C=O) groups excluding carboxylic acids is 3. The van der Waals surface area contributed by atoms with Gasteiger partial charge in [-0.05, 0) is 55.0 Å². The summed E-state index contributed by atoms with van der Waals surface area (Å²) in [6.07, 6.45) is 1.32. The fraction of sp³-hybridized carbons (Fsp3) is 0.115. The van der Waals surface area contributed by atoms with Crippen LogP contribution in [0.1, 0.15) is 33.2 Å². The summed E-state index contributed by atoms with van der Waals surface area (Å²) < 4.78 is 10.2. The maximum Gasteiger partial charge on any atom is 0.338 e. The number of nitro groups is 1. The Hall–Kier alpha value is -4.99. The van der Waals surface area contributed by atoms with Gasteiger partial charge in [0.2, 0.25) is 0 Å². The summed E-state index contributed by atoms with van der Waals surface area (Å²) in [7, 11) is 1.42. The molecule has 0 unspecified atom stereocenters. The summed E-state index contributed by atoms with van der Waals surface area (Å²) in [4.78, 5) is 48.5. The highest BCUT2D eigenvalue weighted by Crippen LogP contribution is 2.20. The number of hydrogen-bond acceptors (Lipinski definition) is 7. The highest BCUT2D eigenvalue weighted by Gasteiger charge is 2.18. The molecule has 0 aliphatic carbocycles. The molecule has 0 atom stereocenters. The lowest BCUT2D eigenvalue weighted by atomic mass is 10.1. The van der Waals surface area contributed by atoms with Crippen LogP contribution in [0.5, 0.6) is 5.75 Å². The Morgan fingerprint density at radius 1 is 1.00 bits per heavy atom. The van der Waals surface area contributed by atoms with E-state index in [1.165, 1.54) is 61.7 Å². The number of methoxy groups -OCH3 is 1. The Bertz CT molecular complexity index is 1320. The van der Waals surface area contributed by atoms with Crippen LogP contribution in [0.4, 0.5) is 11.4 Å². The first-order chi connectivity index (χ1) is 17.3. The first kappa shape index (κ1) is 25.6. The molecule has 3 aromatic rings. The van der Waals surface area contributed by atoms with E-state index in [0.29, 0.717) is 22.6 Å². The smallest absolute Gasteiger partial charge is 0.338 e. The van der Waals surface area contributed by atoms with Gasteiger partial charge in [0.15, 0.2) is 0 Å². The van der Waals surface area contributed by atoms with Crippen molar-refractivity contribution in [1.82, 2.24) is 5.32 Å². The van der Waals surface area contributed by atoms with Crippen LogP contribution in [0.15, 0.2) is 78.5 Å². The van der Waals surface area contributed by atoms with Crippen molar-refractivity contribution >= 4 is 35.2 Å². The number of esters is 1. The topological polar surface area (TPSA) is 137 Å². The molecule has 0 aliphatic heterocycles. The highest BCUT2D eigenvalue weighted by atomic mass is 16.6. The lowest BCUT2D eigenvalue weighted by Gasteiger charge is -2.13. The Kier molecular flexibility index (Phi) is 8.49. The zero-order chi connectivity index (χ0) is 26.1. The van der Waals surface area contributed by atoms with Crippen LogP contribution in [0.3, 0.4) is 0 Å². The Balaban J connectivity index is 1.91. The molecule has 10 heteroatoms. The molecule has 10 nitrogen and oxygen atoms in total. The third-order valence-electron chi connectivity index (χ3n) is 4.89. The van der Waals surface area contributed by atoms with Gasteiger partial charge in [0.05, 0.1) is 29.8 Å². The molecule has 0 fully saturated rings. The molecule has 36 heavy (non-hydrogen) atoms. The molecule has 0 aliphatic rings. The van der Waals surface area contributed by atoms with Crippen molar-refractivity contribution in [2.75, 3.05) is 19.0 Å². The van der Waals surface area contributed by atoms with Crippen LogP contribution >= 0.6 is 0 Å². The van der Waals surface area contributed by atoms with Gasteiger partial charge >= 0.3 is 5.97 Å². The molecule has 0 saturated heterocycles. The number of benzene rings is 3. The normalized spacial score (nSPS) is 10.8.